The molecule has 0 aliphatic carbocycles. The molecule has 1 amide bonds. The van der Waals surface area contributed by atoms with Crippen molar-refractivity contribution in [1.29, 1.82) is 0 Å². The van der Waals surface area contributed by atoms with Gasteiger partial charge in [-0.1, -0.05) is 19.1 Å². The van der Waals surface area contributed by atoms with Crippen LogP contribution in [0.4, 0.5) is 5.69 Å². The fourth-order valence-electron chi connectivity index (χ4n) is 2.04. The molecule has 21 heavy (non-hydrogen) atoms. The van der Waals surface area contributed by atoms with Crippen molar-refractivity contribution in [3.05, 3.63) is 54.4 Å². The van der Waals surface area contributed by atoms with Crippen molar-refractivity contribution in [2.24, 2.45) is 0 Å². The molecule has 0 atom stereocenters. The van der Waals surface area contributed by atoms with E-state index in [9.17, 15) is 4.79 Å². The fourth-order valence-corrected chi connectivity index (χ4v) is 2.04. The second kappa shape index (κ2) is 7.43. The van der Waals surface area contributed by atoms with E-state index >= 15 is 0 Å². The smallest absolute Gasteiger partial charge is 0.290 e. The number of aryl methyl sites for hydroxylation is 1. The van der Waals surface area contributed by atoms with Gasteiger partial charge < -0.3 is 10.1 Å². The number of amides is 1. The summed E-state index contributed by atoms with van der Waals surface area (Å²) in [5.41, 5.74) is 1.96. The number of carbonyl (C=O) groups excluding carboxylic acids is 1. The van der Waals surface area contributed by atoms with E-state index in [2.05, 4.69) is 12.2 Å². The molecule has 2 rings (SSSR count). The number of hydrogen-bond donors (Lipinski definition) is 1. The number of aromatic nitrogens is 1. The highest BCUT2D eigenvalue weighted by Gasteiger charge is 2.11. The number of benzene rings is 1. The lowest BCUT2D eigenvalue weighted by atomic mass is 10.2. The van der Waals surface area contributed by atoms with Crippen molar-refractivity contribution >= 4 is 11.6 Å². The van der Waals surface area contributed by atoms with E-state index in [0.717, 1.165) is 6.42 Å². The first-order valence-corrected chi connectivity index (χ1v) is 7.22. The van der Waals surface area contributed by atoms with Crippen LogP contribution in [0.25, 0.3) is 0 Å². The van der Waals surface area contributed by atoms with Crippen molar-refractivity contribution in [3.8, 4) is 5.75 Å². The van der Waals surface area contributed by atoms with Crippen LogP contribution in [-0.2, 0) is 17.8 Å². The molecular formula is C17H21N2O2+. The summed E-state index contributed by atoms with van der Waals surface area (Å²) >= 11 is 0. The minimum Gasteiger partial charge on any atom is -0.492 e. The van der Waals surface area contributed by atoms with Crippen LogP contribution in [0.15, 0.2) is 48.8 Å². The molecule has 4 nitrogen and oxygen atoms in total. The third kappa shape index (κ3) is 4.31. The van der Waals surface area contributed by atoms with E-state index < -0.39 is 0 Å². The van der Waals surface area contributed by atoms with E-state index in [1.807, 2.05) is 60.3 Å². The first-order chi connectivity index (χ1) is 10.2. The molecule has 110 valence electrons. The van der Waals surface area contributed by atoms with Gasteiger partial charge in [-0.15, -0.1) is 0 Å². The summed E-state index contributed by atoms with van der Waals surface area (Å²) in [6.45, 7) is 4.88. The lowest BCUT2D eigenvalue weighted by Gasteiger charge is -2.10. The third-order valence-corrected chi connectivity index (χ3v) is 3.16. The van der Waals surface area contributed by atoms with E-state index in [4.69, 9.17) is 4.74 Å². The summed E-state index contributed by atoms with van der Waals surface area (Å²) in [6, 6.07) is 11.5. The minimum absolute atomic E-state index is 0.0728. The number of carbonyl (C=O) groups is 1. The molecule has 1 aromatic heterocycles. The molecule has 0 unspecified atom stereocenters. The summed E-state index contributed by atoms with van der Waals surface area (Å²) in [4.78, 5) is 12.1. The van der Waals surface area contributed by atoms with Crippen LogP contribution in [0.3, 0.4) is 0 Å². The van der Waals surface area contributed by atoms with Crippen LogP contribution in [0.1, 0.15) is 19.4 Å². The van der Waals surface area contributed by atoms with Crippen LogP contribution in [0.5, 0.6) is 5.75 Å². The van der Waals surface area contributed by atoms with Gasteiger partial charge >= 0.3 is 0 Å². The van der Waals surface area contributed by atoms with Gasteiger partial charge in [0.15, 0.2) is 12.4 Å². The Kier molecular flexibility index (Phi) is 5.32. The summed E-state index contributed by atoms with van der Waals surface area (Å²) < 4.78 is 7.36. The summed E-state index contributed by atoms with van der Waals surface area (Å²) in [6.07, 6.45) is 4.84. The van der Waals surface area contributed by atoms with Gasteiger partial charge in [-0.25, -0.2) is 0 Å². The van der Waals surface area contributed by atoms with Crippen LogP contribution < -0.4 is 14.6 Å². The average molecular weight is 285 g/mol. The highest BCUT2D eigenvalue weighted by molar-refractivity contribution is 5.91. The highest BCUT2D eigenvalue weighted by atomic mass is 16.5. The molecule has 1 heterocycles. The monoisotopic (exact) mass is 285 g/mol. The Balaban J connectivity index is 2.01. The Morgan fingerprint density at radius 3 is 2.52 bits per heavy atom. The van der Waals surface area contributed by atoms with E-state index in [-0.39, 0.29) is 12.5 Å². The first-order valence-electron chi connectivity index (χ1n) is 7.22. The summed E-state index contributed by atoms with van der Waals surface area (Å²) in [7, 11) is 0. The Hall–Kier alpha value is -2.36. The van der Waals surface area contributed by atoms with Crippen molar-refractivity contribution in [3.63, 3.8) is 0 Å². The molecule has 0 bridgehead atoms. The molecule has 1 N–H and O–H groups in total. The number of rotatable bonds is 6. The fraction of sp³-hybridized carbons (Fsp3) is 0.294. The Bertz CT molecular complexity index is 594. The molecular weight excluding hydrogens is 264 g/mol. The highest BCUT2D eigenvalue weighted by Crippen LogP contribution is 2.23. The lowest BCUT2D eigenvalue weighted by molar-refractivity contribution is -0.684. The van der Waals surface area contributed by atoms with E-state index in [0.29, 0.717) is 18.0 Å². The number of hydrogen-bond acceptors (Lipinski definition) is 2. The standard InChI is InChI=1S/C17H20N2O2/c1-3-14-9-11-19(12-10-14)13-17(20)18-15-7-5-6-8-16(15)21-4-2/h5-12H,3-4,13H2,1-2H3/p+1. The molecule has 0 saturated heterocycles. The lowest BCUT2D eigenvalue weighted by Crippen LogP contribution is -2.39. The molecule has 2 aromatic rings. The maximum absolute atomic E-state index is 12.1. The average Bonchev–Trinajstić information content (AvgIpc) is 2.50. The van der Waals surface area contributed by atoms with Gasteiger partial charge in [0.05, 0.1) is 12.3 Å². The number of para-hydroxylation sites is 2. The van der Waals surface area contributed by atoms with Crippen molar-refractivity contribution < 1.29 is 14.1 Å². The van der Waals surface area contributed by atoms with Gasteiger partial charge in [0.25, 0.3) is 5.91 Å². The normalized spacial score (nSPS) is 10.2. The Morgan fingerprint density at radius 1 is 1.14 bits per heavy atom. The first kappa shape index (κ1) is 15.0. The second-order valence-corrected chi connectivity index (χ2v) is 4.71. The number of nitrogens with zero attached hydrogens (tertiary/aromatic N) is 1. The number of ether oxygens (including phenoxy) is 1. The SMILES string of the molecule is CCOc1ccccc1NC(=O)C[n+]1ccc(CC)cc1. The van der Waals surface area contributed by atoms with Gasteiger partial charge in [0.1, 0.15) is 5.75 Å². The van der Waals surface area contributed by atoms with Gasteiger partial charge in [-0.2, -0.15) is 4.57 Å². The van der Waals surface area contributed by atoms with Gasteiger partial charge in [0.2, 0.25) is 6.54 Å². The minimum atomic E-state index is -0.0728. The number of nitrogens with one attached hydrogen (secondary N) is 1. The molecule has 0 saturated carbocycles. The third-order valence-electron chi connectivity index (χ3n) is 3.16. The van der Waals surface area contributed by atoms with E-state index in [1.54, 1.807) is 0 Å². The van der Waals surface area contributed by atoms with Crippen molar-refractivity contribution in [2.75, 3.05) is 11.9 Å². The van der Waals surface area contributed by atoms with E-state index in [1.165, 1.54) is 5.56 Å². The zero-order valence-corrected chi connectivity index (χ0v) is 12.5. The molecule has 4 heteroatoms. The largest absolute Gasteiger partial charge is 0.492 e. The van der Waals surface area contributed by atoms with Crippen LogP contribution in [0.2, 0.25) is 0 Å². The predicted molar refractivity (Wildman–Crippen MR) is 82.3 cm³/mol. The van der Waals surface area contributed by atoms with Gasteiger partial charge in [-0.05, 0) is 31.0 Å². The maximum atomic E-state index is 12.1. The van der Waals surface area contributed by atoms with Gasteiger partial charge in [0, 0.05) is 12.1 Å². The molecule has 0 radical (unpaired) electrons. The van der Waals surface area contributed by atoms with Gasteiger partial charge in [-0.3, -0.25) is 4.79 Å². The number of pyridine rings is 1. The topological polar surface area (TPSA) is 42.2 Å². The quantitative estimate of drug-likeness (QED) is 0.829. The molecule has 1 aromatic carbocycles. The maximum Gasteiger partial charge on any atom is 0.290 e. The zero-order valence-electron chi connectivity index (χ0n) is 12.5. The van der Waals surface area contributed by atoms with Crippen LogP contribution in [0, 0.1) is 0 Å². The van der Waals surface area contributed by atoms with Crippen molar-refractivity contribution in [2.45, 2.75) is 26.8 Å². The number of anilines is 1. The molecule has 0 aliphatic heterocycles. The molecule has 0 fully saturated rings. The van der Waals surface area contributed by atoms with Crippen molar-refractivity contribution in [1.82, 2.24) is 0 Å². The Labute approximate surface area is 125 Å². The van der Waals surface area contributed by atoms with Crippen LogP contribution >= 0.6 is 0 Å². The second-order valence-electron chi connectivity index (χ2n) is 4.71. The summed E-state index contributed by atoms with van der Waals surface area (Å²) in [5, 5.41) is 2.89. The molecule has 0 aliphatic rings. The van der Waals surface area contributed by atoms with Crippen LogP contribution in [-0.4, -0.2) is 12.5 Å². The predicted octanol–water partition coefficient (Wildman–Crippen LogP) is 2.57. The zero-order chi connectivity index (χ0) is 15.1. The summed E-state index contributed by atoms with van der Waals surface area (Å²) in [5.74, 6) is 0.621. The Morgan fingerprint density at radius 2 is 1.86 bits per heavy atom. The molecule has 0 spiro atoms.